The van der Waals surface area contributed by atoms with E-state index in [4.69, 9.17) is 14.6 Å². The van der Waals surface area contributed by atoms with Gasteiger partial charge in [0.05, 0.1) is 18.1 Å². The minimum Gasteiger partial charge on any atom is -0.444 e. The van der Waals surface area contributed by atoms with Gasteiger partial charge in [-0.3, -0.25) is 0 Å². The molecule has 0 fully saturated rings. The Labute approximate surface area is 242 Å². The summed E-state index contributed by atoms with van der Waals surface area (Å²) in [6, 6.07) is 11.4. The molecule has 2 aromatic carbocycles. The molecule has 0 aliphatic heterocycles. The molecule has 220 valence electrons. The molecule has 0 aliphatic carbocycles. The Balaban J connectivity index is 1.58. The van der Waals surface area contributed by atoms with Crippen LogP contribution in [-0.4, -0.2) is 45.7 Å². The Morgan fingerprint density at radius 1 is 1.17 bits per heavy atom. The van der Waals surface area contributed by atoms with Gasteiger partial charge in [-0.1, -0.05) is 43.9 Å². The maximum absolute atomic E-state index is 14.5. The Morgan fingerprint density at radius 2 is 1.93 bits per heavy atom. The summed E-state index contributed by atoms with van der Waals surface area (Å²) in [6.45, 7) is 15.9. The molecule has 0 aliphatic rings. The van der Waals surface area contributed by atoms with Crippen molar-refractivity contribution in [3.05, 3.63) is 83.3 Å². The van der Waals surface area contributed by atoms with Crippen LogP contribution in [0.2, 0.25) is 25.7 Å². The van der Waals surface area contributed by atoms with E-state index in [2.05, 4.69) is 42.1 Å². The molecule has 41 heavy (non-hydrogen) atoms. The number of alkyl carbamates (subject to hydrolysis) is 1. The number of carbonyl (C=O) groups is 1. The van der Waals surface area contributed by atoms with Gasteiger partial charge in [-0.25, -0.2) is 18.9 Å². The first-order chi connectivity index (χ1) is 19.3. The van der Waals surface area contributed by atoms with Crippen molar-refractivity contribution in [1.82, 2.24) is 24.6 Å². The van der Waals surface area contributed by atoms with Gasteiger partial charge in [0.2, 0.25) is 0 Å². The Bertz CT molecular complexity index is 1490. The summed E-state index contributed by atoms with van der Waals surface area (Å²) in [5.41, 5.74) is 2.85. The minimum atomic E-state index is -1.16. The molecule has 2 aromatic heterocycles. The number of fused-ring (bicyclic) bond motifs is 1. The van der Waals surface area contributed by atoms with Crippen molar-refractivity contribution in [3.8, 4) is 0 Å². The lowest BCUT2D eigenvalue weighted by atomic mass is 10.0. The standard InChI is InChI=1S/C31H42FN5O3Si/c1-22-16-23(17-25-20-37(35-28(22)25)21-39-14-15-41(5,6)7)18-27(34-30(38)40-31(2,3)4)29-33-12-13-36(29)19-24-10-8-9-11-26(24)32/h8-13,16-17,20,27H,14-15,18-19,21H2,1-7H3,(H,34,38). The zero-order valence-electron chi connectivity index (χ0n) is 25.2. The highest BCUT2D eigenvalue weighted by Crippen LogP contribution is 2.25. The van der Waals surface area contributed by atoms with Gasteiger partial charge in [-0.05, 0) is 57.0 Å². The lowest BCUT2D eigenvalue weighted by Crippen LogP contribution is -2.37. The highest BCUT2D eigenvalue weighted by molar-refractivity contribution is 6.76. The topological polar surface area (TPSA) is 83.2 Å². The lowest BCUT2D eigenvalue weighted by molar-refractivity contribution is 0.0500. The second-order valence-corrected chi connectivity index (χ2v) is 18.4. The Morgan fingerprint density at radius 3 is 2.63 bits per heavy atom. The molecule has 1 amide bonds. The number of carbonyl (C=O) groups excluding carboxylic acids is 1. The molecule has 8 nitrogen and oxygen atoms in total. The number of benzene rings is 2. The van der Waals surface area contributed by atoms with Gasteiger partial charge in [-0.2, -0.15) is 5.10 Å². The molecule has 0 spiro atoms. The van der Waals surface area contributed by atoms with Gasteiger partial charge < -0.3 is 19.4 Å². The molecule has 2 heterocycles. The number of imidazole rings is 1. The van der Waals surface area contributed by atoms with Crippen molar-refractivity contribution < 1.29 is 18.7 Å². The molecule has 4 rings (SSSR count). The van der Waals surface area contributed by atoms with E-state index in [1.54, 1.807) is 30.6 Å². The molecule has 10 heteroatoms. The molecule has 4 aromatic rings. The third-order valence-electron chi connectivity index (χ3n) is 6.61. The normalized spacial score (nSPS) is 13.0. The van der Waals surface area contributed by atoms with Crippen LogP contribution in [0.1, 0.15) is 49.3 Å². The number of ether oxygens (including phenoxy) is 2. The van der Waals surface area contributed by atoms with Crippen LogP contribution < -0.4 is 5.32 Å². The van der Waals surface area contributed by atoms with Crippen molar-refractivity contribution in [3.63, 3.8) is 0 Å². The first-order valence-electron chi connectivity index (χ1n) is 14.1. The van der Waals surface area contributed by atoms with E-state index in [-0.39, 0.29) is 12.4 Å². The number of aromatic nitrogens is 4. The molecular weight excluding hydrogens is 537 g/mol. The fourth-order valence-electron chi connectivity index (χ4n) is 4.62. The van der Waals surface area contributed by atoms with Crippen LogP contribution in [0.15, 0.2) is 55.0 Å². The summed E-state index contributed by atoms with van der Waals surface area (Å²) in [5, 5.41) is 8.74. The highest BCUT2D eigenvalue weighted by atomic mass is 28.3. The highest BCUT2D eigenvalue weighted by Gasteiger charge is 2.25. The average Bonchev–Trinajstić information content (AvgIpc) is 3.48. The van der Waals surface area contributed by atoms with Crippen molar-refractivity contribution in [2.24, 2.45) is 0 Å². The first-order valence-corrected chi connectivity index (χ1v) is 17.8. The summed E-state index contributed by atoms with van der Waals surface area (Å²) < 4.78 is 29.6. The largest absolute Gasteiger partial charge is 0.444 e. The first kappa shape index (κ1) is 30.5. The zero-order chi connectivity index (χ0) is 29.8. The van der Waals surface area contributed by atoms with E-state index in [1.807, 2.05) is 43.1 Å². The number of nitrogens with zero attached hydrogens (tertiary/aromatic N) is 4. The third kappa shape index (κ3) is 8.74. The van der Waals surface area contributed by atoms with Crippen LogP contribution in [0.4, 0.5) is 9.18 Å². The number of hydrogen-bond donors (Lipinski definition) is 1. The predicted molar refractivity (Wildman–Crippen MR) is 162 cm³/mol. The SMILES string of the molecule is Cc1cc(CC(NC(=O)OC(C)(C)C)c2nccn2Cc2ccccc2F)cc2cn(COCC[Si](C)(C)C)nc12. The van der Waals surface area contributed by atoms with Gasteiger partial charge in [0.15, 0.2) is 0 Å². The Kier molecular flexibility index (Phi) is 9.33. The summed E-state index contributed by atoms with van der Waals surface area (Å²) in [5.74, 6) is 0.328. The lowest BCUT2D eigenvalue weighted by Gasteiger charge is -2.24. The second-order valence-electron chi connectivity index (χ2n) is 12.8. The summed E-state index contributed by atoms with van der Waals surface area (Å²) >= 11 is 0. The maximum Gasteiger partial charge on any atom is 0.408 e. The van der Waals surface area contributed by atoms with Crippen molar-refractivity contribution in [2.75, 3.05) is 6.61 Å². The molecule has 1 atom stereocenters. The van der Waals surface area contributed by atoms with Gasteiger partial charge in [0, 0.05) is 50.6 Å². The van der Waals surface area contributed by atoms with Crippen LogP contribution >= 0.6 is 0 Å². The van der Waals surface area contributed by atoms with Gasteiger partial charge in [0.25, 0.3) is 0 Å². The minimum absolute atomic E-state index is 0.286. The summed E-state index contributed by atoms with van der Waals surface area (Å²) in [6.07, 6.45) is 5.38. The summed E-state index contributed by atoms with van der Waals surface area (Å²) in [7, 11) is -1.16. The molecule has 1 N–H and O–H groups in total. The summed E-state index contributed by atoms with van der Waals surface area (Å²) in [4.78, 5) is 17.5. The number of amides is 1. The second kappa shape index (κ2) is 12.6. The molecule has 0 saturated heterocycles. The molecule has 1 unspecified atom stereocenters. The van der Waals surface area contributed by atoms with Crippen molar-refractivity contribution >= 4 is 25.1 Å². The fraction of sp³-hybridized carbons (Fsp3) is 0.452. The molecule has 0 radical (unpaired) electrons. The number of aryl methyl sites for hydroxylation is 1. The number of nitrogens with one attached hydrogen (secondary N) is 1. The fourth-order valence-corrected chi connectivity index (χ4v) is 5.38. The van der Waals surface area contributed by atoms with Gasteiger partial charge in [-0.15, -0.1) is 0 Å². The van der Waals surface area contributed by atoms with Crippen LogP contribution in [0.3, 0.4) is 0 Å². The van der Waals surface area contributed by atoms with E-state index in [0.717, 1.165) is 34.7 Å². The van der Waals surface area contributed by atoms with Crippen LogP contribution in [0, 0.1) is 12.7 Å². The van der Waals surface area contributed by atoms with E-state index in [1.165, 1.54) is 6.07 Å². The van der Waals surface area contributed by atoms with Crippen molar-refractivity contribution in [2.45, 2.75) is 84.7 Å². The van der Waals surface area contributed by atoms with Crippen LogP contribution in [0.25, 0.3) is 10.9 Å². The quantitative estimate of drug-likeness (QED) is 0.155. The zero-order valence-corrected chi connectivity index (χ0v) is 26.2. The third-order valence-corrected chi connectivity index (χ3v) is 8.32. The molecule has 0 saturated carbocycles. The van der Waals surface area contributed by atoms with Gasteiger partial charge >= 0.3 is 6.09 Å². The van der Waals surface area contributed by atoms with E-state index in [9.17, 15) is 9.18 Å². The number of rotatable bonds is 11. The maximum atomic E-state index is 14.5. The number of halogens is 1. The van der Waals surface area contributed by atoms with E-state index >= 15 is 0 Å². The molecular formula is C31H42FN5O3Si. The van der Waals surface area contributed by atoms with Crippen LogP contribution in [-0.2, 0) is 29.2 Å². The smallest absolute Gasteiger partial charge is 0.408 e. The van der Waals surface area contributed by atoms with E-state index in [0.29, 0.717) is 24.5 Å². The number of hydrogen-bond acceptors (Lipinski definition) is 5. The molecule has 0 bridgehead atoms. The average molecular weight is 580 g/mol. The van der Waals surface area contributed by atoms with Crippen molar-refractivity contribution in [1.29, 1.82) is 0 Å². The monoisotopic (exact) mass is 579 g/mol. The predicted octanol–water partition coefficient (Wildman–Crippen LogP) is 6.85. The Hall–Kier alpha value is -3.50. The van der Waals surface area contributed by atoms with E-state index < -0.39 is 25.8 Å². The van der Waals surface area contributed by atoms with Gasteiger partial charge in [0.1, 0.15) is 24.0 Å². The van der Waals surface area contributed by atoms with Crippen LogP contribution in [0.5, 0.6) is 0 Å².